The number of nitrogens with zero attached hydrogens (tertiary/aromatic N) is 1. The van der Waals surface area contributed by atoms with Gasteiger partial charge in [0.25, 0.3) is 5.91 Å². The maximum absolute atomic E-state index is 12.7. The molecule has 1 N–H and O–H groups in total. The Labute approximate surface area is 143 Å². The van der Waals surface area contributed by atoms with E-state index in [2.05, 4.69) is 33.0 Å². The Morgan fingerprint density at radius 3 is 2.08 bits per heavy atom. The first kappa shape index (κ1) is 16.3. The van der Waals surface area contributed by atoms with E-state index in [1.807, 2.05) is 48.9 Å². The van der Waals surface area contributed by atoms with Gasteiger partial charge >= 0.3 is 0 Å². The molecule has 0 radical (unpaired) electrons. The van der Waals surface area contributed by atoms with Crippen molar-refractivity contribution in [1.29, 1.82) is 0 Å². The number of fused-ring (bicyclic) bond motifs is 1. The summed E-state index contributed by atoms with van der Waals surface area (Å²) in [5, 5.41) is 4.16. The molecule has 0 atom stereocenters. The van der Waals surface area contributed by atoms with E-state index < -0.39 is 0 Å². The van der Waals surface area contributed by atoms with E-state index in [9.17, 15) is 4.79 Å². The Kier molecular flexibility index (Phi) is 3.96. The number of anilines is 1. The fraction of sp³-hybridized carbons (Fsp3) is 0.286. The molecule has 0 aliphatic heterocycles. The predicted octanol–water partition coefficient (Wildman–Crippen LogP) is 4.97. The molecule has 3 heteroatoms. The Hall–Kier alpha value is -2.55. The van der Waals surface area contributed by atoms with Crippen molar-refractivity contribution in [2.75, 3.05) is 5.32 Å². The standard InChI is InChI=1S/C21H24N2O/c1-12-7-9-17(10-8-12)22-21(24)19-11-18-15(4)13(2)14(3)16(5)20(18)23(19)6/h7-11H,1-6H3,(H,22,24). The minimum atomic E-state index is -0.0772. The number of rotatable bonds is 2. The Bertz CT molecular complexity index is 947. The normalized spacial score (nSPS) is 11.1. The van der Waals surface area contributed by atoms with Crippen LogP contribution in [0.4, 0.5) is 5.69 Å². The lowest BCUT2D eigenvalue weighted by molar-refractivity contribution is 0.102. The topological polar surface area (TPSA) is 34.0 Å². The third-order valence-electron chi connectivity index (χ3n) is 5.22. The molecule has 0 aliphatic carbocycles. The summed E-state index contributed by atoms with van der Waals surface area (Å²) in [6, 6.07) is 9.87. The van der Waals surface area contributed by atoms with Gasteiger partial charge in [-0.1, -0.05) is 17.7 Å². The highest BCUT2D eigenvalue weighted by Gasteiger charge is 2.18. The molecule has 0 bridgehead atoms. The minimum absolute atomic E-state index is 0.0772. The Morgan fingerprint density at radius 1 is 0.875 bits per heavy atom. The average Bonchev–Trinajstić information content (AvgIpc) is 2.91. The lowest BCUT2D eigenvalue weighted by atomic mass is 9.96. The SMILES string of the molecule is Cc1ccc(NC(=O)c2cc3c(C)c(C)c(C)c(C)c3n2C)cc1. The third-order valence-corrected chi connectivity index (χ3v) is 5.22. The maximum Gasteiger partial charge on any atom is 0.272 e. The molecular formula is C21H24N2O. The summed E-state index contributed by atoms with van der Waals surface area (Å²) in [6.45, 7) is 10.6. The van der Waals surface area contributed by atoms with Crippen LogP contribution < -0.4 is 5.32 Å². The van der Waals surface area contributed by atoms with Gasteiger partial charge in [0, 0.05) is 18.1 Å². The Morgan fingerprint density at radius 2 is 1.46 bits per heavy atom. The zero-order valence-electron chi connectivity index (χ0n) is 15.2. The van der Waals surface area contributed by atoms with Crippen LogP contribution in [-0.4, -0.2) is 10.5 Å². The van der Waals surface area contributed by atoms with E-state index in [4.69, 9.17) is 0 Å². The van der Waals surface area contributed by atoms with Crippen LogP contribution in [0, 0.1) is 34.6 Å². The molecule has 0 saturated heterocycles. The second kappa shape index (κ2) is 5.82. The van der Waals surface area contributed by atoms with Gasteiger partial charge in [-0.3, -0.25) is 4.79 Å². The van der Waals surface area contributed by atoms with Crippen molar-refractivity contribution in [2.45, 2.75) is 34.6 Å². The van der Waals surface area contributed by atoms with Crippen LogP contribution in [0.25, 0.3) is 10.9 Å². The lowest BCUT2D eigenvalue weighted by Gasteiger charge is -2.13. The molecule has 1 heterocycles. The molecule has 3 nitrogen and oxygen atoms in total. The third kappa shape index (κ3) is 2.50. The van der Waals surface area contributed by atoms with Crippen molar-refractivity contribution in [3.63, 3.8) is 0 Å². The predicted molar refractivity (Wildman–Crippen MR) is 101 cm³/mol. The molecule has 0 aliphatic rings. The van der Waals surface area contributed by atoms with Crippen molar-refractivity contribution in [3.05, 3.63) is 63.8 Å². The largest absolute Gasteiger partial charge is 0.339 e. The first-order valence-electron chi connectivity index (χ1n) is 8.25. The van der Waals surface area contributed by atoms with Gasteiger partial charge in [-0.05, 0) is 75.1 Å². The summed E-state index contributed by atoms with van der Waals surface area (Å²) in [4.78, 5) is 12.7. The molecule has 124 valence electrons. The van der Waals surface area contributed by atoms with Crippen molar-refractivity contribution < 1.29 is 4.79 Å². The highest BCUT2D eigenvalue weighted by molar-refractivity contribution is 6.07. The second-order valence-corrected chi connectivity index (χ2v) is 6.67. The maximum atomic E-state index is 12.7. The summed E-state index contributed by atoms with van der Waals surface area (Å²) < 4.78 is 2.01. The molecule has 0 unspecified atom stereocenters. The molecule has 0 saturated carbocycles. The van der Waals surface area contributed by atoms with E-state index in [0.29, 0.717) is 5.69 Å². The van der Waals surface area contributed by atoms with Gasteiger partial charge in [0.05, 0.1) is 5.52 Å². The van der Waals surface area contributed by atoms with Crippen molar-refractivity contribution in [2.24, 2.45) is 7.05 Å². The summed E-state index contributed by atoms with van der Waals surface area (Å²) in [7, 11) is 1.97. The smallest absolute Gasteiger partial charge is 0.272 e. The monoisotopic (exact) mass is 320 g/mol. The van der Waals surface area contributed by atoms with Crippen molar-refractivity contribution in [3.8, 4) is 0 Å². The van der Waals surface area contributed by atoms with Gasteiger partial charge in [-0.25, -0.2) is 0 Å². The zero-order valence-corrected chi connectivity index (χ0v) is 15.2. The summed E-state index contributed by atoms with van der Waals surface area (Å²) in [5.74, 6) is -0.0772. The van der Waals surface area contributed by atoms with Crippen LogP contribution in [0.1, 0.15) is 38.3 Å². The molecular weight excluding hydrogens is 296 g/mol. The van der Waals surface area contributed by atoms with E-state index in [1.165, 1.54) is 27.8 Å². The minimum Gasteiger partial charge on any atom is -0.339 e. The fourth-order valence-corrected chi connectivity index (χ4v) is 3.33. The number of hydrogen-bond donors (Lipinski definition) is 1. The van der Waals surface area contributed by atoms with Gasteiger partial charge in [-0.15, -0.1) is 0 Å². The number of nitrogens with one attached hydrogen (secondary N) is 1. The van der Waals surface area contributed by atoms with Crippen molar-refractivity contribution in [1.82, 2.24) is 4.57 Å². The quantitative estimate of drug-likeness (QED) is 0.710. The molecule has 0 fully saturated rings. The number of aromatic nitrogens is 1. The second-order valence-electron chi connectivity index (χ2n) is 6.67. The van der Waals surface area contributed by atoms with Crippen LogP contribution in [0.5, 0.6) is 0 Å². The first-order chi connectivity index (χ1) is 11.3. The van der Waals surface area contributed by atoms with Gasteiger partial charge in [-0.2, -0.15) is 0 Å². The number of carbonyl (C=O) groups excluding carboxylic acids is 1. The van der Waals surface area contributed by atoms with E-state index in [0.717, 1.165) is 16.6 Å². The summed E-state index contributed by atoms with van der Waals surface area (Å²) in [6.07, 6.45) is 0. The van der Waals surface area contributed by atoms with Gasteiger partial charge in [0.15, 0.2) is 0 Å². The number of benzene rings is 2. The summed E-state index contributed by atoms with van der Waals surface area (Å²) in [5.41, 5.74) is 8.91. The van der Waals surface area contributed by atoms with Gasteiger partial charge in [0.2, 0.25) is 0 Å². The van der Waals surface area contributed by atoms with Crippen LogP contribution in [0.15, 0.2) is 30.3 Å². The van der Waals surface area contributed by atoms with Crippen LogP contribution >= 0.6 is 0 Å². The highest BCUT2D eigenvalue weighted by Crippen LogP contribution is 2.31. The van der Waals surface area contributed by atoms with Crippen LogP contribution in [0.3, 0.4) is 0 Å². The van der Waals surface area contributed by atoms with Crippen molar-refractivity contribution >= 4 is 22.5 Å². The van der Waals surface area contributed by atoms with Gasteiger partial charge < -0.3 is 9.88 Å². The molecule has 1 aromatic heterocycles. The van der Waals surface area contributed by atoms with E-state index >= 15 is 0 Å². The number of aryl methyl sites for hydroxylation is 4. The van der Waals surface area contributed by atoms with Gasteiger partial charge in [0.1, 0.15) is 5.69 Å². The van der Waals surface area contributed by atoms with E-state index in [-0.39, 0.29) is 5.91 Å². The number of hydrogen-bond acceptors (Lipinski definition) is 1. The Balaban J connectivity index is 2.08. The molecule has 24 heavy (non-hydrogen) atoms. The van der Waals surface area contributed by atoms with E-state index in [1.54, 1.807) is 0 Å². The zero-order chi connectivity index (χ0) is 17.6. The lowest BCUT2D eigenvalue weighted by Crippen LogP contribution is -2.15. The van der Waals surface area contributed by atoms with Crippen LogP contribution in [-0.2, 0) is 7.05 Å². The fourth-order valence-electron chi connectivity index (χ4n) is 3.33. The first-order valence-corrected chi connectivity index (χ1v) is 8.25. The molecule has 3 aromatic rings. The number of amides is 1. The van der Waals surface area contributed by atoms with Crippen LogP contribution in [0.2, 0.25) is 0 Å². The molecule has 0 spiro atoms. The molecule has 2 aromatic carbocycles. The summed E-state index contributed by atoms with van der Waals surface area (Å²) >= 11 is 0. The average molecular weight is 320 g/mol. The molecule has 3 rings (SSSR count). The highest BCUT2D eigenvalue weighted by atomic mass is 16.1. The number of carbonyl (C=O) groups is 1. The molecule has 1 amide bonds.